The van der Waals surface area contributed by atoms with Gasteiger partial charge in [-0.05, 0) is 55.1 Å². The summed E-state index contributed by atoms with van der Waals surface area (Å²) in [4.78, 5) is 0. The van der Waals surface area contributed by atoms with E-state index in [1.807, 2.05) is 12.1 Å². The molecule has 3 unspecified atom stereocenters. The van der Waals surface area contributed by atoms with Gasteiger partial charge in [-0.2, -0.15) is 5.26 Å². The standard InChI is InChI=1S/C24H31NO2/c1-17(2)24(4)14-8-11-20(15-24)26-23-22(13-12-21(16-25)27-23)18(3)19-9-6-5-7-10-19/h5-7,9-10,12,17-18,20H,8,11,13-15H2,1-4H3. The van der Waals surface area contributed by atoms with Gasteiger partial charge < -0.3 is 9.47 Å². The van der Waals surface area contributed by atoms with Crippen molar-refractivity contribution in [2.75, 3.05) is 0 Å². The van der Waals surface area contributed by atoms with Crippen LogP contribution in [0.15, 0.2) is 53.7 Å². The monoisotopic (exact) mass is 365 g/mol. The molecule has 0 radical (unpaired) electrons. The van der Waals surface area contributed by atoms with Crippen molar-refractivity contribution in [2.24, 2.45) is 11.3 Å². The Morgan fingerprint density at radius 1 is 1.22 bits per heavy atom. The normalized spacial score (nSPS) is 26.8. The highest BCUT2D eigenvalue weighted by atomic mass is 16.7. The number of hydrogen-bond donors (Lipinski definition) is 0. The highest BCUT2D eigenvalue weighted by Gasteiger charge is 2.37. The number of benzene rings is 1. The summed E-state index contributed by atoms with van der Waals surface area (Å²) in [5, 5.41) is 9.29. The van der Waals surface area contributed by atoms with Crippen LogP contribution in [0.25, 0.3) is 0 Å². The Kier molecular flexibility index (Phi) is 5.95. The molecule has 3 atom stereocenters. The van der Waals surface area contributed by atoms with Crippen molar-refractivity contribution in [2.45, 2.75) is 71.8 Å². The summed E-state index contributed by atoms with van der Waals surface area (Å²) < 4.78 is 12.3. The lowest BCUT2D eigenvalue weighted by atomic mass is 9.67. The quantitative estimate of drug-likeness (QED) is 0.602. The summed E-state index contributed by atoms with van der Waals surface area (Å²) in [7, 11) is 0. The maximum atomic E-state index is 9.29. The van der Waals surface area contributed by atoms with Crippen LogP contribution in [0.3, 0.4) is 0 Å². The largest absolute Gasteiger partial charge is 0.462 e. The van der Waals surface area contributed by atoms with E-state index in [4.69, 9.17) is 9.47 Å². The molecule has 0 amide bonds. The SMILES string of the molecule is CC(C1=C(OC2CCCC(C)(C(C)C)C2)OC(C#N)=CC1)c1ccccc1. The van der Waals surface area contributed by atoms with Gasteiger partial charge in [-0.25, -0.2) is 0 Å². The molecule has 1 aromatic rings. The molecule has 0 N–H and O–H groups in total. The zero-order valence-electron chi connectivity index (χ0n) is 17.0. The fourth-order valence-corrected chi connectivity index (χ4v) is 4.19. The number of rotatable bonds is 5. The van der Waals surface area contributed by atoms with E-state index < -0.39 is 0 Å². The van der Waals surface area contributed by atoms with Gasteiger partial charge in [0.2, 0.25) is 5.76 Å². The van der Waals surface area contributed by atoms with Crippen molar-refractivity contribution >= 4 is 0 Å². The first-order valence-corrected chi connectivity index (χ1v) is 10.2. The van der Waals surface area contributed by atoms with Crippen LogP contribution in [-0.2, 0) is 9.47 Å². The average Bonchev–Trinajstić information content (AvgIpc) is 2.68. The zero-order chi connectivity index (χ0) is 19.4. The molecule has 0 bridgehead atoms. The molecule has 1 heterocycles. The summed E-state index contributed by atoms with van der Waals surface area (Å²) >= 11 is 0. The van der Waals surface area contributed by atoms with Crippen LogP contribution in [0.4, 0.5) is 0 Å². The Balaban J connectivity index is 1.83. The van der Waals surface area contributed by atoms with Gasteiger partial charge in [0.1, 0.15) is 12.2 Å². The fraction of sp³-hybridized carbons (Fsp3) is 0.542. The van der Waals surface area contributed by atoms with E-state index in [-0.39, 0.29) is 12.0 Å². The van der Waals surface area contributed by atoms with Crippen molar-refractivity contribution in [3.8, 4) is 6.07 Å². The second-order valence-corrected chi connectivity index (χ2v) is 8.58. The number of nitriles is 1. The van der Waals surface area contributed by atoms with Gasteiger partial charge in [0.05, 0.1) is 0 Å². The molecule has 3 nitrogen and oxygen atoms in total. The molecule has 3 heteroatoms. The molecule has 1 saturated carbocycles. The second kappa shape index (κ2) is 8.21. The summed E-state index contributed by atoms with van der Waals surface area (Å²) in [6.07, 6.45) is 7.22. The van der Waals surface area contributed by atoms with E-state index in [0.717, 1.165) is 18.4 Å². The first-order chi connectivity index (χ1) is 12.9. The fourth-order valence-electron chi connectivity index (χ4n) is 4.19. The van der Waals surface area contributed by atoms with E-state index in [1.165, 1.54) is 18.4 Å². The van der Waals surface area contributed by atoms with Crippen molar-refractivity contribution in [3.05, 3.63) is 59.2 Å². The van der Waals surface area contributed by atoms with E-state index >= 15 is 0 Å². The molecule has 0 aromatic heterocycles. The van der Waals surface area contributed by atoms with Crippen molar-refractivity contribution < 1.29 is 9.47 Å². The zero-order valence-corrected chi connectivity index (χ0v) is 17.0. The first-order valence-electron chi connectivity index (χ1n) is 10.2. The molecule has 0 saturated heterocycles. The third-order valence-corrected chi connectivity index (χ3v) is 6.54. The van der Waals surface area contributed by atoms with Gasteiger partial charge in [-0.3, -0.25) is 0 Å². The minimum Gasteiger partial charge on any atom is -0.462 e. The van der Waals surface area contributed by atoms with Crippen molar-refractivity contribution in [1.29, 1.82) is 5.26 Å². The predicted molar refractivity (Wildman–Crippen MR) is 108 cm³/mol. The lowest BCUT2D eigenvalue weighted by Gasteiger charge is -2.41. The highest BCUT2D eigenvalue weighted by molar-refractivity contribution is 5.34. The Morgan fingerprint density at radius 2 is 1.96 bits per heavy atom. The van der Waals surface area contributed by atoms with E-state index in [0.29, 0.717) is 29.5 Å². The van der Waals surface area contributed by atoms with Crippen molar-refractivity contribution in [1.82, 2.24) is 0 Å². The number of nitrogens with zero attached hydrogens (tertiary/aromatic N) is 1. The van der Waals surface area contributed by atoms with Crippen LogP contribution in [0.1, 0.15) is 71.3 Å². The van der Waals surface area contributed by atoms with E-state index in [9.17, 15) is 5.26 Å². The summed E-state index contributed by atoms with van der Waals surface area (Å²) in [5.41, 5.74) is 2.66. The van der Waals surface area contributed by atoms with Crippen LogP contribution in [0.2, 0.25) is 0 Å². The van der Waals surface area contributed by atoms with Gasteiger partial charge in [0.25, 0.3) is 5.95 Å². The molecule has 1 aliphatic carbocycles. The van der Waals surface area contributed by atoms with Gasteiger partial charge in [-0.15, -0.1) is 0 Å². The summed E-state index contributed by atoms with van der Waals surface area (Å²) in [6.45, 7) is 9.16. The van der Waals surface area contributed by atoms with E-state index in [2.05, 4.69) is 58.0 Å². The van der Waals surface area contributed by atoms with Crippen molar-refractivity contribution in [3.63, 3.8) is 0 Å². The lowest BCUT2D eigenvalue weighted by Crippen LogP contribution is -2.34. The molecule has 1 aromatic carbocycles. The molecule has 0 spiro atoms. The Morgan fingerprint density at radius 3 is 2.63 bits per heavy atom. The van der Waals surface area contributed by atoms with Gasteiger partial charge >= 0.3 is 0 Å². The molecular formula is C24H31NO2. The number of allylic oxidation sites excluding steroid dienone is 3. The topological polar surface area (TPSA) is 42.2 Å². The third kappa shape index (κ3) is 4.38. The minimum atomic E-state index is 0.150. The van der Waals surface area contributed by atoms with Gasteiger partial charge in [0, 0.05) is 11.5 Å². The Bertz CT molecular complexity index is 756. The molecule has 3 rings (SSSR count). The van der Waals surface area contributed by atoms with E-state index in [1.54, 1.807) is 0 Å². The van der Waals surface area contributed by atoms with Gasteiger partial charge in [0.15, 0.2) is 0 Å². The van der Waals surface area contributed by atoms with Crippen LogP contribution < -0.4 is 0 Å². The molecule has 1 fully saturated rings. The molecule has 1 aliphatic heterocycles. The van der Waals surface area contributed by atoms with Gasteiger partial charge in [-0.1, -0.05) is 58.0 Å². The minimum absolute atomic E-state index is 0.150. The highest BCUT2D eigenvalue weighted by Crippen LogP contribution is 2.44. The summed E-state index contributed by atoms with van der Waals surface area (Å²) in [5.74, 6) is 1.72. The maximum Gasteiger partial charge on any atom is 0.285 e. The molecule has 27 heavy (non-hydrogen) atoms. The summed E-state index contributed by atoms with van der Waals surface area (Å²) in [6, 6.07) is 12.5. The maximum absolute atomic E-state index is 9.29. The second-order valence-electron chi connectivity index (χ2n) is 8.58. The van der Waals surface area contributed by atoms with Crippen LogP contribution in [-0.4, -0.2) is 6.10 Å². The molecule has 144 valence electrons. The number of hydrogen-bond acceptors (Lipinski definition) is 3. The van der Waals surface area contributed by atoms with Crippen LogP contribution in [0.5, 0.6) is 0 Å². The average molecular weight is 366 g/mol. The predicted octanol–water partition coefficient (Wildman–Crippen LogP) is 6.45. The first kappa shape index (κ1) is 19.5. The smallest absolute Gasteiger partial charge is 0.285 e. The number of ether oxygens (including phenoxy) is 2. The molecular weight excluding hydrogens is 334 g/mol. The molecule has 2 aliphatic rings. The van der Waals surface area contributed by atoms with Crippen LogP contribution >= 0.6 is 0 Å². The third-order valence-electron chi connectivity index (χ3n) is 6.54. The lowest BCUT2D eigenvalue weighted by molar-refractivity contribution is -0.0420. The van der Waals surface area contributed by atoms with Crippen LogP contribution in [0, 0.1) is 22.7 Å². The Labute approximate surface area is 163 Å². The Hall–Kier alpha value is -2.21.